The third-order valence-corrected chi connectivity index (χ3v) is 5.49. The van der Waals surface area contributed by atoms with Crippen LogP contribution in [0, 0.1) is 6.92 Å². The number of halogens is 3. The zero-order chi connectivity index (χ0) is 25.3. The summed E-state index contributed by atoms with van der Waals surface area (Å²) >= 11 is 0. The largest absolute Gasteiger partial charge is 0.573 e. The number of amides is 1. The van der Waals surface area contributed by atoms with Gasteiger partial charge in [-0.15, -0.1) is 13.2 Å². The average Bonchev–Trinajstić information content (AvgIpc) is 3.08. The van der Waals surface area contributed by atoms with Crippen molar-refractivity contribution >= 4 is 23.1 Å². The molecule has 1 fully saturated rings. The molecule has 1 aliphatic heterocycles. The van der Waals surface area contributed by atoms with Crippen LogP contribution in [0.3, 0.4) is 0 Å². The van der Waals surface area contributed by atoms with Gasteiger partial charge in [0.2, 0.25) is 0 Å². The number of carbonyl (C=O) groups excluding carboxylic acids is 2. The number of para-hydroxylation sites is 1. The van der Waals surface area contributed by atoms with Gasteiger partial charge in [0.1, 0.15) is 17.3 Å². The van der Waals surface area contributed by atoms with Crippen molar-refractivity contribution in [2.75, 3.05) is 12.0 Å². The second-order valence-corrected chi connectivity index (χ2v) is 7.83. The van der Waals surface area contributed by atoms with Gasteiger partial charge in [0.25, 0.3) is 11.7 Å². The summed E-state index contributed by atoms with van der Waals surface area (Å²) in [6.45, 7) is 1.81. The number of Topliss-reactive ketones (excluding diaryl/α,β-unsaturated/α-hetero) is 1. The minimum Gasteiger partial charge on any atom is -0.507 e. The van der Waals surface area contributed by atoms with Crippen LogP contribution in [0.5, 0.6) is 11.5 Å². The monoisotopic (exact) mass is 483 g/mol. The Balaban J connectivity index is 1.94. The number of alkyl halides is 3. The lowest BCUT2D eigenvalue weighted by molar-refractivity contribution is -0.274. The van der Waals surface area contributed by atoms with Crippen LogP contribution in [0.15, 0.2) is 78.4 Å². The number of nitrogens with zero attached hydrogens (tertiary/aromatic N) is 1. The Morgan fingerprint density at radius 3 is 2.37 bits per heavy atom. The Morgan fingerprint density at radius 2 is 1.69 bits per heavy atom. The maximum Gasteiger partial charge on any atom is 0.573 e. The Kier molecular flexibility index (Phi) is 6.26. The Bertz CT molecular complexity index is 1330. The van der Waals surface area contributed by atoms with Crippen molar-refractivity contribution in [2.45, 2.75) is 19.3 Å². The number of aliphatic hydroxyl groups is 1. The number of hydrogen-bond donors (Lipinski definition) is 1. The van der Waals surface area contributed by atoms with Gasteiger partial charge in [-0.3, -0.25) is 14.5 Å². The van der Waals surface area contributed by atoms with Gasteiger partial charge in [-0.2, -0.15) is 0 Å². The zero-order valence-corrected chi connectivity index (χ0v) is 18.7. The molecule has 0 bridgehead atoms. The lowest BCUT2D eigenvalue weighted by atomic mass is 9.94. The Hall–Kier alpha value is -4.27. The normalized spacial score (nSPS) is 17.5. The summed E-state index contributed by atoms with van der Waals surface area (Å²) in [5, 5.41) is 11.2. The van der Waals surface area contributed by atoms with E-state index in [4.69, 9.17) is 4.74 Å². The van der Waals surface area contributed by atoms with Crippen molar-refractivity contribution in [3.63, 3.8) is 0 Å². The first-order valence-electron chi connectivity index (χ1n) is 10.5. The van der Waals surface area contributed by atoms with E-state index < -0.39 is 35.6 Å². The van der Waals surface area contributed by atoms with Crippen molar-refractivity contribution in [1.29, 1.82) is 0 Å². The maximum absolute atomic E-state index is 13.2. The third kappa shape index (κ3) is 4.70. The molecule has 0 aromatic heterocycles. The van der Waals surface area contributed by atoms with Gasteiger partial charge in [-0.05, 0) is 36.8 Å². The Labute approximate surface area is 198 Å². The quantitative estimate of drug-likeness (QED) is 0.294. The number of aryl methyl sites for hydroxylation is 1. The molecule has 0 aliphatic carbocycles. The van der Waals surface area contributed by atoms with Gasteiger partial charge in [0, 0.05) is 11.8 Å². The van der Waals surface area contributed by atoms with E-state index in [0.717, 1.165) is 22.6 Å². The lowest BCUT2D eigenvalue weighted by Gasteiger charge is -2.26. The highest BCUT2D eigenvalue weighted by molar-refractivity contribution is 6.51. The summed E-state index contributed by atoms with van der Waals surface area (Å²) in [6.07, 6.45) is -4.94. The van der Waals surface area contributed by atoms with E-state index in [1.165, 1.54) is 25.3 Å². The molecule has 1 saturated heterocycles. The molecule has 3 aromatic carbocycles. The third-order valence-electron chi connectivity index (χ3n) is 5.49. The zero-order valence-electron chi connectivity index (χ0n) is 18.7. The van der Waals surface area contributed by atoms with E-state index in [1.54, 1.807) is 36.4 Å². The molecule has 1 N–H and O–H groups in total. The minimum atomic E-state index is -4.94. The van der Waals surface area contributed by atoms with Crippen molar-refractivity contribution in [3.05, 3.63) is 95.1 Å². The molecule has 1 aliphatic rings. The Morgan fingerprint density at radius 1 is 0.971 bits per heavy atom. The highest BCUT2D eigenvalue weighted by atomic mass is 19.4. The number of aliphatic hydroxyl groups excluding tert-OH is 1. The van der Waals surface area contributed by atoms with Crippen molar-refractivity contribution in [2.24, 2.45) is 0 Å². The SMILES string of the molecule is COc1ccccc1/C(O)=C1\C(=O)C(=O)N(c2cccc(OC(F)(F)F)c2)C1c1cccc(C)c1. The van der Waals surface area contributed by atoms with Crippen molar-refractivity contribution < 1.29 is 37.3 Å². The molecular weight excluding hydrogens is 463 g/mol. The first kappa shape index (κ1) is 23.9. The van der Waals surface area contributed by atoms with E-state index in [-0.39, 0.29) is 22.6 Å². The lowest BCUT2D eigenvalue weighted by Crippen LogP contribution is -2.29. The first-order valence-corrected chi connectivity index (χ1v) is 10.5. The van der Waals surface area contributed by atoms with Crippen LogP contribution in [0.2, 0.25) is 0 Å². The highest BCUT2D eigenvalue weighted by Crippen LogP contribution is 2.44. The molecule has 6 nitrogen and oxygen atoms in total. The number of rotatable bonds is 5. The number of anilines is 1. The van der Waals surface area contributed by atoms with Crippen LogP contribution in [0.4, 0.5) is 18.9 Å². The van der Waals surface area contributed by atoms with Gasteiger partial charge in [-0.25, -0.2) is 0 Å². The molecular formula is C26H20F3NO5. The van der Waals surface area contributed by atoms with Gasteiger partial charge < -0.3 is 14.6 Å². The second-order valence-electron chi connectivity index (χ2n) is 7.83. The number of hydrogen-bond acceptors (Lipinski definition) is 5. The van der Waals surface area contributed by atoms with Gasteiger partial charge >= 0.3 is 6.36 Å². The molecule has 0 saturated carbocycles. The summed E-state index contributed by atoms with van der Waals surface area (Å²) in [6, 6.07) is 17.0. The number of carbonyl (C=O) groups is 2. The number of methoxy groups -OCH3 is 1. The molecule has 0 radical (unpaired) electrons. The molecule has 1 heterocycles. The van der Waals surface area contributed by atoms with Crippen molar-refractivity contribution in [1.82, 2.24) is 0 Å². The van der Waals surface area contributed by atoms with E-state index in [9.17, 15) is 27.9 Å². The molecule has 0 spiro atoms. The average molecular weight is 483 g/mol. The molecule has 35 heavy (non-hydrogen) atoms. The fourth-order valence-electron chi connectivity index (χ4n) is 4.07. The predicted molar refractivity (Wildman–Crippen MR) is 122 cm³/mol. The van der Waals surface area contributed by atoms with Crippen LogP contribution in [-0.2, 0) is 9.59 Å². The second kappa shape index (κ2) is 9.17. The van der Waals surface area contributed by atoms with Crippen LogP contribution >= 0.6 is 0 Å². The van der Waals surface area contributed by atoms with Crippen LogP contribution in [0.25, 0.3) is 5.76 Å². The summed E-state index contributed by atoms with van der Waals surface area (Å²) in [5.41, 5.74) is 1.29. The van der Waals surface area contributed by atoms with E-state index >= 15 is 0 Å². The predicted octanol–water partition coefficient (Wildman–Crippen LogP) is 5.53. The topological polar surface area (TPSA) is 76.1 Å². The molecule has 1 unspecified atom stereocenters. The van der Waals surface area contributed by atoms with E-state index in [2.05, 4.69) is 4.74 Å². The molecule has 3 aromatic rings. The minimum absolute atomic E-state index is 0.000525. The maximum atomic E-state index is 13.2. The van der Waals surface area contributed by atoms with Crippen LogP contribution < -0.4 is 14.4 Å². The van der Waals surface area contributed by atoms with Crippen molar-refractivity contribution in [3.8, 4) is 11.5 Å². The molecule has 4 rings (SSSR count). The summed E-state index contributed by atoms with van der Waals surface area (Å²) in [5.74, 6) is -2.72. The smallest absolute Gasteiger partial charge is 0.507 e. The molecule has 9 heteroatoms. The van der Waals surface area contributed by atoms with E-state index in [1.807, 2.05) is 13.0 Å². The standard InChI is InChI=1S/C26H20F3NO5/c1-15-7-5-8-16(13-15)22-21(23(31)19-11-3-4-12-20(19)34-2)24(32)25(33)30(22)17-9-6-10-18(14-17)35-26(27,28)29/h3-14,22,31H,1-2H3/b23-21+. The number of benzene rings is 3. The van der Waals surface area contributed by atoms with Crippen LogP contribution in [-0.4, -0.2) is 30.3 Å². The molecule has 1 atom stereocenters. The van der Waals surface area contributed by atoms with E-state index in [0.29, 0.717) is 5.56 Å². The number of ether oxygens (including phenoxy) is 2. The van der Waals surface area contributed by atoms with Gasteiger partial charge in [0.05, 0.1) is 24.3 Å². The first-order chi connectivity index (χ1) is 16.6. The summed E-state index contributed by atoms with van der Waals surface area (Å²) in [7, 11) is 1.40. The fourth-order valence-corrected chi connectivity index (χ4v) is 4.07. The molecule has 180 valence electrons. The number of ketones is 1. The molecule has 1 amide bonds. The van der Waals surface area contributed by atoms with Gasteiger partial charge in [-0.1, -0.05) is 48.0 Å². The summed E-state index contributed by atoms with van der Waals surface area (Å²) in [4.78, 5) is 27.5. The van der Waals surface area contributed by atoms with Crippen LogP contribution in [0.1, 0.15) is 22.7 Å². The summed E-state index contributed by atoms with van der Waals surface area (Å²) < 4.78 is 47.7. The fraction of sp³-hybridized carbons (Fsp3) is 0.154. The van der Waals surface area contributed by atoms with Gasteiger partial charge in [0.15, 0.2) is 0 Å². The highest BCUT2D eigenvalue weighted by Gasteiger charge is 2.47.